The fourth-order valence-corrected chi connectivity index (χ4v) is 2.26. The van der Waals surface area contributed by atoms with Crippen molar-refractivity contribution in [2.24, 2.45) is 0 Å². The number of ether oxygens (including phenoxy) is 2. The van der Waals surface area contributed by atoms with Crippen LogP contribution in [0.2, 0.25) is 0 Å². The van der Waals surface area contributed by atoms with Crippen LogP contribution in [-0.4, -0.2) is 38.6 Å². The summed E-state index contributed by atoms with van der Waals surface area (Å²) >= 11 is 0. The second-order valence-electron chi connectivity index (χ2n) is 6.68. The van der Waals surface area contributed by atoms with Crippen LogP contribution in [0.1, 0.15) is 33.3 Å². The number of hydrogen-bond donors (Lipinski definition) is 0. The molecule has 134 valence electrons. The molecule has 1 aliphatic rings. The Kier molecular flexibility index (Phi) is 5.23. The smallest absolute Gasteiger partial charge is 0.491 e. The van der Waals surface area contributed by atoms with Crippen molar-refractivity contribution in [3.8, 4) is 5.75 Å². The van der Waals surface area contributed by atoms with Crippen LogP contribution >= 0.6 is 0 Å². The number of alkyl halides is 3. The molecule has 0 amide bonds. The van der Waals surface area contributed by atoms with Crippen LogP contribution in [0.4, 0.5) is 13.2 Å². The first-order valence-electron chi connectivity index (χ1n) is 7.66. The predicted octanol–water partition coefficient (Wildman–Crippen LogP) is 3.03. The van der Waals surface area contributed by atoms with Crippen molar-refractivity contribution in [2.75, 3.05) is 20.3 Å². The highest BCUT2D eigenvalue weighted by molar-refractivity contribution is 6.62. The van der Waals surface area contributed by atoms with Gasteiger partial charge in [-0.05, 0) is 45.3 Å². The summed E-state index contributed by atoms with van der Waals surface area (Å²) in [6.07, 6.45) is -4.54. The fraction of sp³-hybridized carbons (Fsp3) is 0.625. The summed E-state index contributed by atoms with van der Waals surface area (Å²) in [6, 6.07) is 3.84. The topological polar surface area (TPSA) is 36.9 Å². The Morgan fingerprint density at radius 1 is 1.04 bits per heavy atom. The molecule has 0 radical (unpaired) electrons. The lowest BCUT2D eigenvalue weighted by atomic mass is 9.78. The Morgan fingerprint density at radius 2 is 1.62 bits per heavy atom. The minimum atomic E-state index is -4.54. The molecule has 1 heterocycles. The molecule has 0 aromatic heterocycles. The van der Waals surface area contributed by atoms with E-state index in [1.807, 2.05) is 27.7 Å². The van der Waals surface area contributed by atoms with E-state index in [4.69, 9.17) is 18.8 Å². The summed E-state index contributed by atoms with van der Waals surface area (Å²) in [5.41, 5.74) is -1.79. The van der Waals surface area contributed by atoms with Crippen molar-refractivity contribution in [2.45, 2.75) is 45.1 Å². The molecule has 0 atom stereocenters. The molecule has 0 bridgehead atoms. The van der Waals surface area contributed by atoms with Crippen LogP contribution in [0.25, 0.3) is 0 Å². The van der Waals surface area contributed by atoms with E-state index in [-0.39, 0.29) is 19.0 Å². The van der Waals surface area contributed by atoms with Gasteiger partial charge in [-0.3, -0.25) is 0 Å². The molecular formula is C16H22BF3O4. The van der Waals surface area contributed by atoms with E-state index in [0.29, 0.717) is 5.46 Å². The minimum absolute atomic E-state index is 0.0371. The normalized spacial score (nSPS) is 19.6. The van der Waals surface area contributed by atoms with Crippen molar-refractivity contribution < 1.29 is 32.0 Å². The van der Waals surface area contributed by atoms with E-state index in [9.17, 15) is 13.2 Å². The van der Waals surface area contributed by atoms with Gasteiger partial charge in [0.2, 0.25) is 0 Å². The SMILES string of the molecule is COCCOc1ccc(B2OC(C)(C)C(C)(C)O2)cc1C(F)(F)F. The lowest BCUT2D eigenvalue weighted by Crippen LogP contribution is -2.41. The average molecular weight is 346 g/mol. The molecule has 2 rings (SSSR count). The van der Waals surface area contributed by atoms with Gasteiger partial charge < -0.3 is 18.8 Å². The summed E-state index contributed by atoms with van der Waals surface area (Å²) in [6.45, 7) is 7.63. The number of benzene rings is 1. The Balaban J connectivity index is 2.30. The van der Waals surface area contributed by atoms with Crippen LogP contribution in [0.3, 0.4) is 0 Å². The Bertz CT molecular complexity index is 571. The summed E-state index contributed by atoms with van der Waals surface area (Å²) in [4.78, 5) is 0. The molecule has 4 nitrogen and oxygen atoms in total. The van der Waals surface area contributed by atoms with Gasteiger partial charge in [0.05, 0.1) is 23.4 Å². The second kappa shape index (κ2) is 6.57. The second-order valence-corrected chi connectivity index (χ2v) is 6.68. The molecule has 8 heteroatoms. The molecule has 24 heavy (non-hydrogen) atoms. The zero-order valence-electron chi connectivity index (χ0n) is 14.5. The Labute approximate surface area is 140 Å². The van der Waals surface area contributed by atoms with Gasteiger partial charge in [0.1, 0.15) is 12.4 Å². The molecular weight excluding hydrogens is 324 g/mol. The van der Waals surface area contributed by atoms with E-state index in [1.165, 1.54) is 19.2 Å². The van der Waals surface area contributed by atoms with E-state index in [2.05, 4.69) is 0 Å². The predicted molar refractivity (Wildman–Crippen MR) is 84.5 cm³/mol. The highest BCUT2D eigenvalue weighted by atomic mass is 19.4. The summed E-state index contributed by atoms with van der Waals surface area (Å²) in [7, 11) is 0.596. The largest absolute Gasteiger partial charge is 0.494 e. The maximum Gasteiger partial charge on any atom is 0.494 e. The molecule has 1 saturated heterocycles. The van der Waals surface area contributed by atoms with E-state index < -0.39 is 30.1 Å². The third-order valence-electron chi connectivity index (χ3n) is 4.38. The van der Waals surface area contributed by atoms with Crippen LogP contribution in [-0.2, 0) is 20.2 Å². The quantitative estimate of drug-likeness (QED) is 0.607. The molecule has 1 aromatic carbocycles. The number of hydrogen-bond acceptors (Lipinski definition) is 4. The third-order valence-corrected chi connectivity index (χ3v) is 4.38. The van der Waals surface area contributed by atoms with E-state index in [1.54, 1.807) is 0 Å². The van der Waals surface area contributed by atoms with Crippen molar-refractivity contribution in [3.63, 3.8) is 0 Å². The maximum atomic E-state index is 13.3. The number of halogens is 3. The fourth-order valence-electron chi connectivity index (χ4n) is 2.26. The lowest BCUT2D eigenvalue weighted by Gasteiger charge is -2.32. The Morgan fingerprint density at radius 3 is 2.12 bits per heavy atom. The van der Waals surface area contributed by atoms with Gasteiger partial charge in [-0.15, -0.1) is 0 Å². The Hall–Kier alpha value is -1.25. The van der Waals surface area contributed by atoms with Gasteiger partial charge in [-0.25, -0.2) is 0 Å². The van der Waals surface area contributed by atoms with Crippen molar-refractivity contribution in [1.29, 1.82) is 0 Å². The van der Waals surface area contributed by atoms with Gasteiger partial charge in [-0.1, -0.05) is 6.07 Å². The molecule has 1 fully saturated rings. The van der Waals surface area contributed by atoms with Crippen LogP contribution in [0, 0.1) is 0 Å². The number of methoxy groups -OCH3 is 1. The molecule has 0 spiro atoms. The first-order chi connectivity index (χ1) is 11.0. The summed E-state index contributed by atoms with van der Waals surface area (Å²) < 4.78 is 61.6. The van der Waals surface area contributed by atoms with Gasteiger partial charge >= 0.3 is 13.3 Å². The lowest BCUT2D eigenvalue weighted by molar-refractivity contribution is -0.139. The number of rotatable bonds is 5. The third kappa shape index (κ3) is 3.87. The average Bonchev–Trinajstić information content (AvgIpc) is 2.67. The first-order valence-corrected chi connectivity index (χ1v) is 7.66. The van der Waals surface area contributed by atoms with Crippen molar-refractivity contribution in [3.05, 3.63) is 23.8 Å². The highest BCUT2D eigenvalue weighted by Crippen LogP contribution is 2.38. The summed E-state index contributed by atoms with van der Waals surface area (Å²) in [5, 5.41) is 0. The molecule has 0 aliphatic carbocycles. The van der Waals surface area contributed by atoms with E-state index in [0.717, 1.165) is 6.07 Å². The zero-order valence-corrected chi connectivity index (χ0v) is 14.5. The standard InChI is InChI=1S/C16H22BF3O4/c1-14(2)15(3,4)24-17(23-14)11-6-7-13(22-9-8-21-5)12(10-11)16(18,19)20/h6-7,10H,8-9H2,1-5H3. The van der Waals surface area contributed by atoms with Gasteiger partial charge in [0, 0.05) is 7.11 Å². The molecule has 1 aromatic rings. The van der Waals surface area contributed by atoms with Gasteiger partial charge in [0.25, 0.3) is 0 Å². The monoisotopic (exact) mass is 346 g/mol. The van der Waals surface area contributed by atoms with Gasteiger partial charge in [0.15, 0.2) is 0 Å². The van der Waals surface area contributed by atoms with Crippen LogP contribution in [0.15, 0.2) is 18.2 Å². The van der Waals surface area contributed by atoms with Crippen molar-refractivity contribution in [1.82, 2.24) is 0 Å². The highest BCUT2D eigenvalue weighted by Gasteiger charge is 2.52. The van der Waals surface area contributed by atoms with E-state index >= 15 is 0 Å². The van der Waals surface area contributed by atoms with Gasteiger partial charge in [-0.2, -0.15) is 13.2 Å². The molecule has 0 N–H and O–H groups in total. The van der Waals surface area contributed by atoms with Crippen LogP contribution < -0.4 is 10.2 Å². The van der Waals surface area contributed by atoms with Crippen molar-refractivity contribution >= 4 is 12.6 Å². The van der Waals surface area contributed by atoms with Crippen LogP contribution in [0.5, 0.6) is 5.75 Å². The summed E-state index contributed by atoms with van der Waals surface area (Å²) in [5.74, 6) is -0.236. The first kappa shape index (κ1) is 19.1. The molecule has 1 aliphatic heterocycles. The minimum Gasteiger partial charge on any atom is -0.491 e. The maximum absolute atomic E-state index is 13.3. The molecule has 0 saturated carbocycles. The molecule has 0 unspecified atom stereocenters. The zero-order chi connectivity index (χ0) is 18.2.